The summed E-state index contributed by atoms with van der Waals surface area (Å²) in [4.78, 5) is 26.5. The Morgan fingerprint density at radius 1 is 1.41 bits per heavy atom. The number of ether oxygens (including phenoxy) is 2. The first-order valence-electron chi connectivity index (χ1n) is 8.62. The van der Waals surface area contributed by atoms with Crippen LogP contribution in [0.15, 0.2) is 23.3 Å². The standard InChI is InChI=1S/C17H17Cl2FN4O5/c18-10-2-1-8(5-11(10)19)7-29-12-6-9-13(17(12,21)14(25)26)16(9,20)15(27)28-4-3-23-24-22/h1-2,5,9,12-13H,3-4,6-7,21H2,(H,25,26). The number of halogens is 3. The van der Waals surface area contributed by atoms with Crippen molar-refractivity contribution in [3.05, 3.63) is 44.3 Å². The van der Waals surface area contributed by atoms with Gasteiger partial charge in [0.2, 0.25) is 5.67 Å². The number of fused-ring (bicyclic) bond motifs is 1. The van der Waals surface area contributed by atoms with Crippen LogP contribution in [0.5, 0.6) is 0 Å². The number of carboxylic acid groups (broad SMARTS) is 1. The van der Waals surface area contributed by atoms with Crippen LogP contribution in [0.1, 0.15) is 12.0 Å². The third-order valence-electron chi connectivity index (χ3n) is 5.41. The Morgan fingerprint density at radius 3 is 2.76 bits per heavy atom. The number of nitrogens with two attached hydrogens (primary N) is 1. The van der Waals surface area contributed by atoms with Crippen LogP contribution in [-0.2, 0) is 25.7 Å². The summed E-state index contributed by atoms with van der Waals surface area (Å²) in [5, 5.41) is 13.5. The van der Waals surface area contributed by atoms with Crippen LogP contribution in [0.2, 0.25) is 10.0 Å². The Balaban J connectivity index is 1.69. The van der Waals surface area contributed by atoms with E-state index in [9.17, 15) is 14.7 Å². The highest BCUT2D eigenvalue weighted by Crippen LogP contribution is 2.67. The van der Waals surface area contributed by atoms with Gasteiger partial charge in [-0.3, -0.25) is 4.79 Å². The number of rotatable bonds is 8. The molecule has 1 aromatic rings. The molecule has 0 amide bonds. The SMILES string of the molecule is [N-]=[N+]=NCCOC(=O)C1(F)C2CC(OCc3ccc(Cl)c(Cl)c3)C(N)(C(=O)O)C21. The second-order valence-corrected chi connectivity index (χ2v) is 7.78. The molecule has 0 saturated heterocycles. The van der Waals surface area contributed by atoms with Crippen molar-refractivity contribution in [2.24, 2.45) is 22.7 Å². The molecule has 5 unspecified atom stereocenters. The number of alkyl halides is 1. The highest BCUT2D eigenvalue weighted by molar-refractivity contribution is 6.42. The third-order valence-corrected chi connectivity index (χ3v) is 6.15. The fourth-order valence-corrected chi connectivity index (χ4v) is 4.28. The van der Waals surface area contributed by atoms with Gasteiger partial charge in [-0.2, -0.15) is 0 Å². The second kappa shape index (κ2) is 7.97. The van der Waals surface area contributed by atoms with E-state index in [0.29, 0.717) is 15.6 Å². The summed E-state index contributed by atoms with van der Waals surface area (Å²) in [6.45, 7) is -0.477. The van der Waals surface area contributed by atoms with Gasteiger partial charge < -0.3 is 20.3 Å². The van der Waals surface area contributed by atoms with Crippen LogP contribution in [-0.4, -0.2) is 47.5 Å². The van der Waals surface area contributed by atoms with E-state index in [-0.39, 0.29) is 26.2 Å². The van der Waals surface area contributed by atoms with Crippen LogP contribution in [0.4, 0.5) is 4.39 Å². The summed E-state index contributed by atoms with van der Waals surface area (Å²) >= 11 is 11.8. The number of carbonyl (C=O) groups is 2. The molecule has 0 aliphatic heterocycles. The van der Waals surface area contributed by atoms with Crippen LogP contribution < -0.4 is 5.73 Å². The first kappa shape index (κ1) is 21.6. The lowest BCUT2D eigenvalue weighted by molar-refractivity contribution is -0.159. The molecule has 12 heteroatoms. The highest BCUT2D eigenvalue weighted by atomic mass is 35.5. The predicted octanol–water partition coefficient (Wildman–Crippen LogP) is 2.87. The number of aliphatic carboxylic acids is 1. The molecule has 0 bridgehead atoms. The summed E-state index contributed by atoms with van der Waals surface area (Å²) in [6, 6.07) is 4.79. The van der Waals surface area contributed by atoms with Crippen molar-refractivity contribution in [2.45, 2.75) is 30.3 Å². The Kier molecular flexibility index (Phi) is 5.93. The monoisotopic (exact) mass is 446 g/mol. The van der Waals surface area contributed by atoms with Gasteiger partial charge >= 0.3 is 11.9 Å². The lowest BCUT2D eigenvalue weighted by atomic mass is 9.88. The zero-order valence-corrected chi connectivity index (χ0v) is 16.4. The second-order valence-electron chi connectivity index (χ2n) is 6.96. The number of benzene rings is 1. The lowest BCUT2D eigenvalue weighted by Gasteiger charge is -2.32. The van der Waals surface area contributed by atoms with Gasteiger partial charge in [-0.1, -0.05) is 34.4 Å². The summed E-state index contributed by atoms with van der Waals surface area (Å²) in [5.74, 6) is -4.89. The third kappa shape index (κ3) is 3.62. The average molecular weight is 447 g/mol. The first-order valence-corrected chi connectivity index (χ1v) is 9.37. The molecule has 5 atom stereocenters. The van der Waals surface area contributed by atoms with E-state index in [1.54, 1.807) is 18.2 Å². The van der Waals surface area contributed by atoms with Gasteiger partial charge in [0.15, 0.2) is 0 Å². The quantitative estimate of drug-likeness (QED) is 0.206. The molecule has 0 spiro atoms. The van der Waals surface area contributed by atoms with Gasteiger partial charge in [-0.25, -0.2) is 9.18 Å². The van der Waals surface area contributed by atoms with Crippen molar-refractivity contribution in [3.63, 3.8) is 0 Å². The largest absolute Gasteiger partial charge is 0.480 e. The van der Waals surface area contributed by atoms with Crippen molar-refractivity contribution >= 4 is 35.1 Å². The number of esters is 1. The molecule has 3 rings (SSSR count). The number of carboxylic acids is 1. The molecular formula is C17H17Cl2FN4O5. The van der Waals surface area contributed by atoms with E-state index < -0.39 is 41.1 Å². The first-order chi connectivity index (χ1) is 13.7. The molecule has 9 nitrogen and oxygen atoms in total. The maximum atomic E-state index is 15.2. The Hall–Kier alpha value is -2.10. The number of nitrogens with zero attached hydrogens (tertiary/aromatic N) is 3. The van der Waals surface area contributed by atoms with E-state index in [1.165, 1.54) is 0 Å². The van der Waals surface area contributed by atoms with Gasteiger partial charge in [0.05, 0.1) is 35.9 Å². The van der Waals surface area contributed by atoms with E-state index in [1.807, 2.05) is 0 Å². The Labute approximate surface area is 174 Å². The minimum absolute atomic E-state index is 0.0108. The molecule has 2 saturated carbocycles. The molecule has 29 heavy (non-hydrogen) atoms. The fraction of sp³-hybridized carbons (Fsp3) is 0.529. The zero-order chi connectivity index (χ0) is 21.4. The minimum Gasteiger partial charge on any atom is -0.480 e. The molecule has 0 radical (unpaired) electrons. The van der Waals surface area contributed by atoms with Crippen molar-refractivity contribution in [1.29, 1.82) is 0 Å². The molecule has 2 aliphatic carbocycles. The zero-order valence-electron chi connectivity index (χ0n) is 14.9. The number of hydrogen-bond donors (Lipinski definition) is 2. The summed E-state index contributed by atoms with van der Waals surface area (Å²) in [7, 11) is 0. The molecule has 2 aliphatic rings. The molecule has 0 aromatic heterocycles. The Morgan fingerprint density at radius 2 is 2.14 bits per heavy atom. The predicted molar refractivity (Wildman–Crippen MR) is 100 cm³/mol. The average Bonchev–Trinajstić information content (AvgIpc) is 3.15. The number of carbonyl (C=O) groups excluding carboxylic acids is 1. The van der Waals surface area contributed by atoms with Crippen molar-refractivity contribution in [3.8, 4) is 0 Å². The van der Waals surface area contributed by atoms with Crippen LogP contribution in [0, 0.1) is 11.8 Å². The molecular weight excluding hydrogens is 430 g/mol. The fourth-order valence-electron chi connectivity index (χ4n) is 3.95. The molecule has 0 heterocycles. The molecule has 2 fully saturated rings. The normalized spacial score (nSPS) is 32.2. The van der Waals surface area contributed by atoms with Crippen molar-refractivity contribution in [2.75, 3.05) is 13.2 Å². The minimum atomic E-state index is -2.51. The topological polar surface area (TPSA) is 148 Å². The molecule has 3 N–H and O–H groups in total. The Bertz CT molecular complexity index is 899. The van der Waals surface area contributed by atoms with Crippen LogP contribution >= 0.6 is 23.2 Å². The van der Waals surface area contributed by atoms with Crippen LogP contribution in [0.25, 0.3) is 10.4 Å². The summed E-state index contributed by atoms with van der Waals surface area (Å²) in [5.41, 5.74) is 10.3. The van der Waals surface area contributed by atoms with Crippen LogP contribution in [0.3, 0.4) is 0 Å². The molecule has 156 valence electrons. The van der Waals surface area contributed by atoms with Gasteiger partial charge in [-0.05, 0) is 29.6 Å². The van der Waals surface area contributed by atoms with E-state index in [4.69, 9.17) is 43.9 Å². The smallest absolute Gasteiger partial charge is 0.344 e. The van der Waals surface area contributed by atoms with Crippen molar-refractivity contribution in [1.82, 2.24) is 0 Å². The van der Waals surface area contributed by atoms with E-state index >= 15 is 4.39 Å². The summed E-state index contributed by atoms with van der Waals surface area (Å²) < 4.78 is 25.6. The number of azide groups is 1. The van der Waals surface area contributed by atoms with Gasteiger partial charge in [0.1, 0.15) is 5.54 Å². The lowest BCUT2D eigenvalue weighted by Crippen LogP contribution is -2.60. The number of hydrogen-bond acceptors (Lipinski definition) is 6. The van der Waals surface area contributed by atoms with Gasteiger partial charge in [0.25, 0.3) is 0 Å². The molecule has 1 aromatic carbocycles. The van der Waals surface area contributed by atoms with Gasteiger partial charge in [-0.15, -0.1) is 0 Å². The van der Waals surface area contributed by atoms with E-state index in [2.05, 4.69) is 10.0 Å². The maximum absolute atomic E-state index is 15.2. The summed E-state index contributed by atoms with van der Waals surface area (Å²) in [6.07, 6.45) is -1.07. The maximum Gasteiger partial charge on any atom is 0.344 e. The van der Waals surface area contributed by atoms with Gasteiger partial charge in [0, 0.05) is 16.7 Å². The van der Waals surface area contributed by atoms with E-state index in [0.717, 1.165) is 0 Å². The van der Waals surface area contributed by atoms with Crippen molar-refractivity contribution < 1.29 is 28.6 Å². The highest BCUT2D eigenvalue weighted by Gasteiger charge is 2.85.